The second-order valence-electron chi connectivity index (χ2n) is 6.12. The highest BCUT2D eigenvalue weighted by Gasteiger charge is 2.18. The van der Waals surface area contributed by atoms with Gasteiger partial charge in [0, 0.05) is 11.1 Å². The molecule has 0 aromatic heterocycles. The van der Waals surface area contributed by atoms with Crippen molar-refractivity contribution in [3.05, 3.63) is 65.2 Å². The Morgan fingerprint density at radius 1 is 1.19 bits per heavy atom. The molecule has 0 spiro atoms. The third-order valence-electron chi connectivity index (χ3n) is 3.41. The van der Waals surface area contributed by atoms with Crippen LogP contribution in [-0.2, 0) is 4.74 Å². The summed E-state index contributed by atoms with van der Waals surface area (Å²) in [6.07, 6.45) is 1.01. The van der Waals surface area contributed by atoms with Gasteiger partial charge in [0.2, 0.25) is 0 Å². The van der Waals surface area contributed by atoms with Gasteiger partial charge >= 0.3 is 6.09 Å². The van der Waals surface area contributed by atoms with Crippen molar-refractivity contribution in [2.75, 3.05) is 13.2 Å². The van der Waals surface area contributed by atoms with Crippen molar-refractivity contribution < 1.29 is 19.0 Å². The average Bonchev–Trinajstić information content (AvgIpc) is 2.60. The topological polar surface area (TPSA) is 56.8 Å². The molecule has 2 aromatic rings. The van der Waals surface area contributed by atoms with Crippen molar-refractivity contribution in [3.8, 4) is 17.2 Å². The molecule has 0 radical (unpaired) electrons. The first kappa shape index (κ1) is 20.9. The lowest BCUT2D eigenvalue weighted by atomic mass is 10.1. The number of amides is 1. The minimum Gasteiger partial charge on any atom is -0.490 e. The van der Waals surface area contributed by atoms with Gasteiger partial charge < -0.3 is 19.5 Å². The van der Waals surface area contributed by atoms with Crippen molar-refractivity contribution in [2.24, 2.45) is 0 Å². The summed E-state index contributed by atoms with van der Waals surface area (Å²) in [5.74, 6) is 1.65. The van der Waals surface area contributed by atoms with Crippen LogP contribution in [-0.4, -0.2) is 24.8 Å². The van der Waals surface area contributed by atoms with Crippen molar-refractivity contribution in [3.63, 3.8) is 0 Å². The monoisotopic (exact) mass is 409 g/mol. The number of alkyl carbamates (subject to hydrolysis) is 1. The van der Waals surface area contributed by atoms with E-state index in [4.69, 9.17) is 37.4 Å². The molecular formula is C20H21Cl2NO4. The Labute approximate surface area is 168 Å². The third kappa shape index (κ3) is 7.04. The molecule has 144 valence electrons. The molecule has 0 aliphatic carbocycles. The minimum atomic E-state index is -0.729. The fourth-order valence-electron chi connectivity index (χ4n) is 1.96. The van der Waals surface area contributed by atoms with Crippen molar-refractivity contribution in [1.29, 1.82) is 0 Å². The number of benzene rings is 2. The largest absolute Gasteiger partial charge is 0.490 e. The summed E-state index contributed by atoms with van der Waals surface area (Å²) in [7, 11) is 0. The SMILES string of the molecule is C=CC(C)(C)OC(=O)NCCOc1ccc(Oc2cccc(Cl)c2)cc1Cl. The number of hydrogen-bond donors (Lipinski definition) is 1. The first-order chi connectivity index (χ1) is 12.8. The second kappa shape index (κ2) is 9.53. The van der Waals surface area contributed by atoms with E-state index in [-0.39, 0.29) is 13.2 Å². The molecular weight excluding hydrogens is 389 g/mol. The van der Waals surface area contributed by atoms with E-state index in [9.17, 15) is 4.79 Å². The van der Waals surface area contributed by atoms with Crippen LogP contribution in [0.15, 0.2) is 55.1 Å². The fraction of sp³-hybridized carbons (Fsp3) is 0.250. The Balaban J connectivity index is 1.82. The Morgan fingerprint density at radius 3 is 2.59 bits per heavy atom. The highest BCUT2D eigenvalue weighted by molar-refractivity contribution is 6.32. The van der Waals surface area contributed by atoms with E-state index in [1.54, 1.807) is 62.4 Å². The molecule has 0 atom stereocenters. The number of ether oxygens (including phenoxy) is 3. The highest BCUT2D eigenvalue weighted by atomic mass is 35.5. The predicted octanol–water partition coefficient (Wildman–Crippen LogP) is 5.86. The first-order valence-corrected chi connectivity index (χ1v) is 9.01. The summed E-state index contributed by atoms with van der Waals surface area (Å²) in [4.78, 5) is 11.6. The van der Waals surface area contributed by atoms with Crippen molar-refractivity contribution >= 4 is 29.3 Å². The van der Waals surface area contributed by atoms with Gasteiger partial charge in [0.15, 0.2) is 0 Å². The summed E-state index contributed by atoms with van der Waals surface area (Å²) in [5.41, 5.74) is -0.729. The average molecular weight is 410 g/mol. The van der Waals surface area contributed by atoms with Crippen LogP contribution in [0.1, 0.15) is 13.8 Å². The molecule has 7 heteroatoms. The lowest BCUT2D eigenvalue weighted by Crippen LogP contribution is -2.35. The number of halogens is 2. The van der Waals surface area contributed by atoms with Crippen LogP contribution < -0.4 is 14.8 Å². The molecule has 0 saturated heterocycles. The Kier molecular flexibility index (Phi) is 7.39. The predicted molar refractivity (Wildman–Crippen MR) is 107 cm³/mol. The van der Waals surface area contributed by atoms with Gasteiger partial charge in [-0.2, -0.15) is 0 Å². The summed E-state index contributed by atoms with van der Waals surface area (Å²) in [6.45, 7) is 7.59. The third-order valence-corrected chi connectivity index (χ3v) is 3.94. The van der Waals surface area contributed by atoms with Crippen LogP contribution in [0.2, 0.25) is 10.0 Å². The van der Waals surface area contributed by atoms with Gasteiger partial charge in [-0.25, -0.2) is 4.79 Å². The zero-order valence-electron chi connectivity index (χ0n) is 15.1. The molecule has 0 bridgehead atoms. The standard InChI is InChI=1S/C20H21Cl2NO4/c1-4-20(2,3)27-19(24)23-10-11-25-18-9-8-16(13-17(18)22)26-15-7-5-6-14(21)12-15/h4-9,12-13H,1,10-11H2,2-3H3,(H,23,24). The highest BCUT2D eigenvalue weighted by Crippen LogP contribution is 2.31. The molecule has 2 rings (SSSR count). The molecule has 2 aromatic carbocycles. The second-order valence-corrected chi connectivity index (χ2v) is 6.97. The van der Waals surface area contributed by atoms with Crippen LogP contribution >= 0.6 is 23.2 Å². The summed E-state index contributed by atoms with van der Waals surface area (Å²) in [5, 5.41) is 3.58. The van der Waals surface area contributed by atoms with Gasteiger partial charge in [0.05, 0.1) is 11.6 Å². The smallest absolute Gasteiger partial charge is 0.408 e. The number of carbonyl (C=O) groups excluding carboxylic acids is 1. The van der Waals surface area contributed by atoms with Crippen molar-refractivity contribution in [2.45, 2.75) is 19.4 Å². The molecule has 0 fully saturated rings. The van der Waals surface area contributed by atoms with Crippen LogP contribution in [0.4, 0.5) is 4.79 Å². The molecule has 0 heterocycles. The lowest BCUT2D eigenvalue weighted by Gasteiger charge is -2.20. The van der Waals surface area contributed by atoms with Crippen LogP contribution in [0.5, 0.6) is 17.2 Å². The maximum Gasteiger partial charge on any atom is 0.408 e. The van der Waals surface area contributed by atoms with Crippen LogP contribution in [0, 0.1) is 0 Å². The summed E-state index contributed by atoms with van der Waals surface area (Å²) >= 11 is 12.2. The van der Waals surface area contributed by atoms with Gasteiger partial charge in [-0.05, 0) is 50.3 Å². The molecule has 1 amide bonds. The van der Waals surface area contributed by atoms with E-state index < -0.39 is 11.7 Å². The Hall–Kier alpha value is -2.37. The quantitative estimate of drug-likeness (QED) is 0.438. The zero-order valence-corrected chi connectivity index (χ0v) is 16.6. The van der Waals surface area contributed by atoms with Gasteiger partial charge in [0.25, 0.3) is 0 Å². The molecule has 27 heavy (non-hydrogen) atoms. The van der Waals surface area contributed by atoms with Crippen LogP contribution in [0.3, 0.4) is 0 Å². The molecule has 0 saturated carbocycles. The molecule has 1 N–H and O–H groups in total. The first-order valence-electron chi connectivity index (χ1n) is 8.25. The molecule has 5 nitrogen and oxygen atoms in total. The lowest BCUT2D eigenvalue weighted by molar-refractivity contribution is 0.0714. The van der Waals surface area contributed by atoms with Crippen LogP contribution in [0.25, 0.3) is 0 Å². The van der Waals surface area contributed by atoms with Gasteiger partial charge in [-0.1, -0.05) is 35.8 Å². The number of hydrogen-bond acceptors (Lipinski definition) is 4. The van der Waals surface area contributed by atoms with E-state index in [1.165, 1.54) is 0 Å². The minimum absolute atomic E-state index is 0.234. The number of rotatable bonds is 8. The van der Waals surface area contributed by atoms with Gasteiger partial charge in [-0.15, -0.1) is 0 Å². The Morgan fingerprint density at radius 2 is 1.93 bits per heavy atom. The summed E-state index contributed by atoms with van der Waals surface area (Å²) in [6, 6.07) is 12.1. The normalized spacial score (nSPS) is 10.8. The fourth-order valence-corrected chi connectivity index (χ4v) is 2.36. The molecule has 0 unspecified atom stereocenters. The van der Waals surface area contributed by atoms with Crippen molar-refractivity contribution in [1.82, 2.24) is 5.32 Å². The molecule has 0 aliphatic rings. The van der Waals surface area contributed by atoms with E-state index in [0.29, 0.717) is 27.3 Å². The Bertz CT molecular complexity index is 808. The van der Waals surface area contributed by atoms with E-state index in [2.05, 4.69) is 11.9 Å². The number of carbonyl (C=O) groups is 1. The summed E-state index contributed by atoms with van der Waals surface area (Å²) < 4.78 is 16.4. The van der Waals surface area contributed by atoms with Gasteiger partial charge in [-0.3, -0.25) is 0 Å². The molecule has 0 aliphatic heterocycles. The van der Waals surface area contributed by atoms with E-state index >= 15 is 0 Å². The van der Waals surface area contributed by atoms with E-state index in [0.717, 1.165) is 0 Å². The van der Waals surface area contributed by atoms with Gasteiger partial charge in [0.1, 0.15) is 29.5 Å². The van der Waals surface area contributed by atoms with E-state index in [1.807, 2.05) is 0 Å². The maximum absolute atomic E-state index is 11.6. The zero-order chi connectivity index (χ0) is 19.9. The maximum atomic E-state index is 11.6. The number of nitrogens with one attached hydrogen (secondary N) is 1.